The highest BCUT2D eigenvalue weighted by molar-refractivity contribution is 5.85. The number of hydrogen-bond donors (Lipinski definition) is 1. The zero-order valence-electron chi connectivity index (χ0n) is 19.8. The molecule has 8 nitrogen and oxygen atoms in total. The number of carboxylic acids is 1. The molecule has 4 aromatic rings. The van der Waals surface area contributed by atoms with Crippen molar-refractivity contribution in [2.24, 2.45) is 7.05 Å². The van der Waals surface area contributed by atoms with Crippen molar-refractivity contribution in [3.8, 4) is 22.5 Å². The summed E-state index contributed by atoms with van der Waals surface area (Å²) in [5.74, 6) is -0.441. The van der Waals surface area contributed by atoms with E-state index in [-0.39, 0.29) is 12.4 Å². The van der Waals surface area contributed by atoms with Crippen LogP contribution >= 0.6 is 12.4 Å². The average molecular weight is 491 g/mol. The van der Waals surface area contributed by atoms with Gasteiger partial charge in [-0.2, -0.15) is 5.10 Å². The van der Waals surface area contributed by atoms with E-state index in [1.165, 1.54) is 0 Å². The predicted molar refractivity (Wildman–Crippen MR) is 134 cm³/mol. The van der Waals surface area contributed by atoms with E-state index in [0.717, 1.165) is 45.2 Å². The van der Waals surface area contributed by atoms with Crippen LogP contribution in [-0.2, 0) is 23.7 Å². The van der Waals surface area contributed by atoms with Crippen LogP contribution < -0.4 is 0 Å². The number of nitrogens with zero attached hydrogens (tertiary/aromatic N) is 6. The second kappa shape index (κ2) is 9.54. The fraction of sp³-hybridized carbons (Fsp3) is 0.308. The fourth-order valence-electron chi connectivity index (χ4n) is 4.17. The summed E-state index contributed by atoms with van der Waals surface area (Å²) in [7, 11) is 1.91. The van der Waals surface area contributed by atoms with Crippen LogP contribution in [0.4, 0.5) is 0 Å². The van der Waals surface area contributed by atoms with Crippen LogP contribution in [0, 0.1) is 0 Å². The topological polar surface area (TPSA) is 107 Å². The number of halogens is 1. The molecule has 9 heteroatoms. The minimum Gasteiger partial charge on any atom is -0.481 e. The first-order chi connectivity index (χ1) is 16.4. The first-order valence-electron chi connectivity index (χ1n) is 11.4. The molecule has 0 amide bonds. The number of rotatable bonds is 7. The van der Waals surface area contributed by atoms with E-state index in [9.17, 15) is 9.90 Å². The molecule has 0 radical (unpaired) electrons. The standard InChI is InChI=1S/C26H26N6O2.ClH/c1-16(2)21-13-27-11-19(31-21)10-24-20(12-30-32(24)3)23-15-28-22(14-29-23)17-4-6-18(7-5-17)26(8-9-26)25(33)34;/h4-7,11-16H,8-10H2,1-3H3,(H,33,34);1H. The molecule has 1 fully saturated rings. The number of hydrogen-bond acceptors (Lipinski definition) is 6. The van der Waals surface area contributed by atoms with Gasteiger partial charge in [-0.15, -0.1) is 12.4 Å². The Morgan fingerprint density at radius 2 is 1.71 bits per heavy atom. The smallest absolute Gasteiger partial charge is 0.314 e. The van der Waals surface area contributed by atoms with Gasteiger partial charge in [-0.05, 0) is 24.3 Å². The van der Waals surface area contributed by atoms with Gasteiger partial charge in [-0.1, -0.05) is 38.1 Å². The molecular formula is C26H27ClN6O2. The molecule has 0 unspecified atom stereocenters. The van der Waals surface area contributed by atoms with E-state index in [0.29, 0.717) is 25.2 Å². The van der Waals surface area contributed by atoms with E-state index in [2.05, 4.69) is 33.9 Å². The lowest BCUT2D eigenvalue weighted by molar-refractivity contribution is -0.140. The maximum Gasteiger partial charge on any atom is 0.314 e. The van der Waals surface area contributed by atoms with Gasteiger partial charge < -0.3 is 5.11 Å². The molecule has 180 valence electrons. The maximum atomic E-state index is 11.6. The van der Waals surface area contributed by atoms with Crippen LogP contribution in [0.3, 0.4) is 0 Å². The monoisotopic (exact) mass is 490 g/mol. The molecule has 0 bridgehead atoms. The van der Waals surface area contributed by atoms with Crippen molar-refractivity contribution in [3.05, 3.63) is 77.9 Å². The molecule has 0 saturated heterocycles. The van der Waals surface area contributed by atoms with Crippen molar-refractivity contribution in [3.63, 3.8) is 0 Å². The van der Waals surface area contributed by atoms with Gasteiger partial charge in [-0.3, -0.25) is 29.4 Å². The van der Waals surface area contributed by atoms with Crippen LogP contribution in [-0.4, -0.2) is 40.8 Å². The second-order valence-electron chi connectivity index (χ2n) is 9.15. The van der Waals surface area contributed by atoms with E-state index >= 15 is 0 Å². The summed E-state index contributed by atoms with van der Waals surface area (Å²) in [5.41, 5.74) is 6.26. The Balaban J connectivity index is 0.00000289. The molecule has 1 saturated carbocycles. The van der Waals surface area contributed by atoms with Gasteiger partial charge in [-0.25, -0.2) is 0 Å². The third-order valence-corrected chi connectivity index (χ3v) is 6.53. The molecule has 0 spiro atoms. The molecule has 1 aliphatic carbocycles. The molecule has 1 N–H and O–H groups in total. The minimum absolute atomic E-state index is 0. The van der Waals surface area contributed by atoms with Gasteiger partial charge in [0, 0.05) is 37.0 Å². The summed E-state index contributed by atoms with van der Waals surface area (Å²) in [5, 5.41) is 13.9. The quantitative estimate of drug-likeness (QED) is 0.404. The molecule has 3 aromatic heterocycles. The van der Waals surface area contributed by atoms with Crippen LogP contribution in [0.5, 0.6) is 0 Å². The molecule has 5 rings (SSSR count). The van der Waals surface area contributed by atoms with E-state index in [4.69, 9.17) is 4.98 Å². The van der Waals surface area contributed by atoms with Gasteiger partial charge in [0.05, 0.1) is 52.5 Å². The highest BCUT2D eigenvalue weighted by atomic mass is 35.5. The van der Waals surface area contributed by atoms with Gasteiger partial charge in [0.1, 0.15) is 0 Å². The number of benzene rings is 1. The van der Waals surface area contributed by atoms with Crippen molar-refractivity contribution < 1.29 is 9.90 Å². The van der Waals surface area contributed by atoms with Gasteiger partial charge in [0.25, 0.3) is 0 Å². The molecule has 0 aliphatic heterocycles. The highest BCUT2D eigenvalue weighted by Crippen LogP contribution is 2.48. The SMILES string of the molecule is CC(C)c1cncc(Cc2c(-c3cnc(-c4ccc(C5(C(=O)O)CC5)cc4)cn3)cnn2C)n1.Cl. The van der Waals surface area contributed by atoms with Crippen LogP contribution in [0.2, 0.25) is 0 Å². The second-order valence-corrected chi connectivity index (χ2v) is 9.15. The maximum absolute atomic E-state index is 11.6. The van der Waals surface area contributed by atoms with E-state index < -0.39 is 11.4 Å². The minimum atomic E-state index is -0.751. The Labute approximate surface area is 209 Å². The summed E-state index contributed by atoms with van der Waals surface area (Å²) in [6.07, 6.45) is 10.9. The molecular weight excluding hydrogens is 464 g/mol. The summed E-state index contributed by atoms with van der Waals surface area (Å²) in [6.45, 7) is 4.20. The summed E-state index contributed by atoms with van der Waals surface area (Å²) < 4.78 is 1.84. The zero-order valence-corrected chi connectivity index (χ0v) is 20.7. The lowest BCUT2D eigenvalue weighted by Gasteiger charge is -2.11. The number of carboxylic acid groups (broad SMARTS) is 1. The highest BCUT2D eigenvalue weighted by Gasteiger charge is 2.51. The van der Waals surface area contributed by atoms with Crippen molar-refractivity contribution in [1.82, 2.24) is 29.7 Å². The first-order valence-corrected chi connectivity index (χ1v) is 11.4. The molecule has 3 heterocycles. The Morgan fingerprint density at radius 3 is 2.31 bits per heavy atom. The molecule has 0 atom stereocenters. The molecule has 1 aliphatic rings. The number of aromatic nitrogens is 6. The normalized spacial score (nSPS) is 13.9. The lowest BCUT2D eigenvalue weighted by Crippen LogP contribution is -2.19. The number of aryl methyl sites for hydroxylation is 1. The van der Waals surface area contributed by atoms with Crippen molar-refractivity contribution in [2.75, 3.05) is 0 Å². The van der Waals surface area contributed by atoms with Crippen molar-refractivity contribution in [1.29, 1.82) is 0 Å². The van der Waals surface area contributed by atoms with Gasteiger partial charge in [0.2, 0.25) is 0 Å². The summed E-state index contributed by atoms with van der Waals surface area (Å²) in [6, 6.07) is 7.60. The average Bonchev–Trinajstić information content (AvgIpc) is 3.59. The largest absolute Gasteiger partial charge is 0.481 e. The van der Waals surface area contributed by atoms with Crippen molar-refractivity contribution in [2.45, 2.75) is 44.4 Å². The summed E-state index contributed by atoms with van der Waals surface area (Å²) in [4.78, 5) is 29.9. The first kappa shape index (κ1) is 24.5. The Kier molecular flexibility index (Phi) is 6.67. The third-order valence-electron chi connectivity index (χ3n) is 6.53. The lowest BCUT2D eigenvalue weighted by atomic mass is 9.95. The zero-order chi connectivity index (χ0) is 23.9. The van der Waals surface area contributed by atoms with Gasteiger partial charge in [0.15, 0.2) is 0 Å². The van der Waals surface area contributed by atoms with Crippen LogP contribution in [0.15, 0.2) is 55.2 Å². The fourth-order valence-corrected chi connectivity index (χ4v) is 4.17. The Bertz CT molecular complexity index is 1350. The Morgan fingerprint density at radius 1 is 1.03 bits per heavy atom. The number of aliphatic carboxylic acids is 1. The molecule has 1 aromatic carbocycles. The van der Waals surface area contributed by atoms with Crippen LogP contribution in [0.25, 0.3) is 22.5 Å². The number of carbonyl (C=O) groups is 1. The Hall–Kier alpha value is -3.65. The van der Waals surface area contributed by atoms with Crippen LogP contribution in [0.1, 0.15) is 55.3 Å². The van der Waals surface area contributed by atoms with Gasteiger partial charge >= 0.3 is 5.97 Å². The molecule has 35 heavy (non-hydrogen) atoms. The van der Waals surface area contributed by atoms with E-state index in [1.54, 1.807) is 31.0 Å². The van der Waals surface area contributed by atoms with Crippen molar-refractivity contribution >= 4 is 18.4 Å². The predicted octanol–water partition coefficient (Wildman–Crippen LogP) is 4.59. The third kappa shape index (κ3) is 4.66. The van der Waals surface area contributed by atoms with E-state index in [1.807, 2.05) is 36.0 Å². The summed E-state index contributed by atoms with van der Waals surface area (Å²) >= 11 is 0.